The van der Waals surface area contributed by atoms with Gasteiger partial charge in [-0.1, -0.05) is 0 Å². The number of rotatable bonds is 5. The van der Waals surface area contributed by atoms with Crippen LogP contribution in [0.4, 0.5) is 0 Å². The van der Waals surface area contributed by atoms with Gasteiger partial charge in [0.05, 0.1) is 0 Å². The first-order chi connectivity index (χ1) is 7.84. The van der Waals surface area contributed by atoms with Crippen molar-refractivity contribution >= 4 is 11.3 Å². The van der Waals surface area contributed by atoms with Gasteiger partial charge in [0.15, 0.2) is 0 Å². The molecule has 2 rings (SSSR count). The summed E-state index contributed by atoms with van der Waals surface area (Å²) in [4.78, 5) is 6.92. The third kappa shape index (κ3) is 3.83. The number of hydrogen-bond donors (Lipinski definition) is 2. The molecule has 1 aromatic rings. The van der Waals surface area contributed by atoms with Crippen molar-refractivity contribution in [1.29, 1.82) is 0 Å². The molecule has 16 heavy (non-hydrogen) atoms. The Labute approximate surface area is 101 Å². The Hall–Kier alpha value is -0.490. The minimum absolute atomic E-state index is 0.907. The van der Waals surface area contributed by atoms with E-state index >= 15 is 0 Å². The van der Waals surface area contributed by atoms with E-state index in [2.05, 4.69) is 25.9 Å². The van der Waals surface area contributed by atoms with Crippen LogP contribution >= 0.6 is 11.3 Å². The lowest BCUT2D eigenvalue weighted by Crippen LogP contribution is -2.45. The quantitative estimate of drug-likeness (QED) is 0.733. The second-order valence-electron chi connectivity index (χ2n) is 4.15. The molecule has 0 radical (unpaired) electrons. The topological polar surface area (TPSA) is 40.2 Å². The number of aromatic nitrogens is 1. The van der Waals surface area contributed by atoms with Crippen molar-refractivity contribution in [2.75, 3.05) is 39.3 Å². The van der Waals surface area contributed by atoms with Crippen molar-refractivity contribution in [3.63, 3.8) is 0 Å². The van der Waals surface area contributed by atoms with Gasteiger partial charge in [-0.25, -0.2) is 4.98 Å². The fourth-order valence-corrected chi connectivity index (χ4v) is 2.59. The van der Waals surface area contributed by atoms with E-state index in [1.165, 1.54) is 18.1 Å². The molecule has 90 valence electrons. The Balaban J connectivity index is 1.57. The van der Waals surface area contributed by atoms with E-state index in [0.717, 1.165) is 38.4 Å². The third-order valence-electron chi connectivity index (χ3n) is 2.76. The summed E-state index contributed by atoms with van der Waals surface area (Å²) in [6.07, 6.45) is 0. The first-order valence-electron chi connectivity index (χ1n) is 5.89. The molecule has 0 saturated carbocycles. The average molecular weight is 240 g/mol. The summed E-state index contributed by atoms with van der Waals surface area (Å²) < 4.78 is 0. The van der Waals surface area contributed by atoms with Crippen LogP contribution in [0.5, 0.6) is 0 Å². The van der Waals surface area contributed by atoms with Crippen LogP contribution in [0.25, 0.3) is 0 Å². The molecule has 1 aromatic heterocycles. The van der Waals surface area contributed by atoms with Crippen LogP contribution < -0.4 is 10.6 Å². The molecular weight excluding hydrogens is 220 g/mol. The highest BCUT2D eigenvalue weighted by Gasteiger charge is 2.08. The van der Waals surface area contributed by atoms with Crippen LogP contribution in [-0.4, -0.2) is 49.2 Å². The van der Waals surface area contributed by atoms with E-state index in [1.807, 2.05) is 6.92 Å². The zero-order valence-corrected chi connectivity index (χ0v) is 10.6. The van der Waals surface area contributed by atoms with Crippen molar-refractivity contribution in [3.05, 3.63) is 16.1 Å². The molecule has 1 saturated heterocycles. The Morgan fingerprint density at radius 2 is 2.31 bits per heavy atom. The molecule has 0 atom stereocenters. The van der Waals surface area contributed by atoms with Gasteiger partial charge in [-0.05, 0) is 6.92 Å². The highest BCUT2D eigenvalue weighted by Crippen LogP contribution is 2.07. The van der Waals surface area contributed by atoms with Crippen molar-refractivity contribution in [2.45, 2.75) is 13.5 Å². The number of nitrogens with one attached hydrogen (secondary N) is 2. The lowest BCUT2D eigenvalue weighted by Gasteiger charge is -2.27. The summed E-state index contributed by atoms with van der Waals surface area (Å²) in [7, 11) is 0. The normalized spacial score (nSPS) is 17.8. The van der Waals surface area contributed by atoms with Crippen LogP contribution in [0.1, 0.15) is 10.7 Å². The van der Waals surface area contributed by atoms with E-state index in [-0.39, 0.29) is 0 Å². The minimum atomic E-state index is 0.907. The number of thiazole rings is 1. The molecule has 1 fully saturated rings. The predicted molar refractivity (Wildman–Crippen MR) is 67.9 cm³/mol. The smallest absolute Gasteiger partial charge is 0.107 e. The van der Waals surface area contributed by atoms with Crippen molar-refractivity contribution in [2.24, 2.45) is 0 Å². The Morgan fingerprint density at radius 3 is 3.00 bits per heavy atom. The molecule has 1 aliphatic heterocycles. The minimum Gasteiger partial charge on any atom is -0.314 e. The van der Waals surface area contributed by atoms with Gasteiger partial charge in [-0.3, -0.25) is 4.90 Å². The summed E-state index contributed by atoms with van der Waals surface area (Å²) in [5.74, 6) is 0. The highest BCUT2D eigenvalue weighted by atomic mass is 32.1. The van der Waals surface area contributed by atoms with Crippen molar-refractivity contribution in [3.8, 4) is 0 Å². The van der Waals surface area contributed by atoms with Crippen LogP contribution in [0, 0.1) is 6.92 Å². The average Bonchev–Trinajstić information content (AvgIpc) is 2.72. The van der Waals surface area contributed by atoms with Crippen LogP contribution in [0.2, 0.25) is 0 Å². The van der Waals surface area contributed by atoms with Gasteiger partial charge in [-0.2, -0.15) is 0 Å². The molecule has 2 heterocycles. The number of aryl methyl sites for hydroxylation is 1. The summed E-state index contributed by atoms with van der Waals surface area (Å²) in [6, 6.07) is 0. The van der Waals surface area contributed by atoms with Gasteiger partial charge in [0, 0.05) is 56.9 Å². The van der Waals surface area contributed by atoms with Crippen LogP contribution in [-0.2, 0) is 6.54 Å². The zero-order chi connectivity index (χ0) is 11.2. The molecule has 1 aliphatic rings. The van der Waals surface area contributed by atoms with E-state index in [1.54, 1.807) is 11.3 Å². The molecule has 0 aliphatic carbocycles. The SMILES string of the molecule is Cc1csc(CNCCN2CCNCC2)n1. The summed E-state index contributed by atoms with van der Waals surface area (Å²) >= 11 is 1.74. The number of piperazine rings is 1. The second kappa shape index (κ2) is 6.30. The Kier molecular flexibility index (Phi) is 4.71. The first-order valence-corrected chi connectivity index (χ1v) is 6.77. The lowest BCUT2D eigenvalue weighted by atomic mass is 10.3. The Morgan fingerprint density at radius 1 is 1.50 bits per heavy atom. The number of nitrogens with zero attached hydrogens (tertiary/aromatic N) is 2. The predicted octanol–water partition coefficient (Wildman–Crippen LogP) is 0.446. The fraction of sp³-hybridized carbons (Fsp3) is 0.727. The Bertz CT molecular complexity index is 307. The monoisotopic (exact) mass is 240 g/mol. The summed E-state index contributed by atoms with van der Waals surface area (Å²) in [5.41, 5.74) is 1.13. The molecule has 0 spiro atoms. The molecule has 4 nitrogen and oxygen atoms in total. The summed E-state index contributed by atoms with van der Waals surface area (Å²) in [6.45, 7) is 9.77. The molecule has 0 bridgehead atoms. The maximum atomic E-state index is 4.43. The maximum absolute atomic E-state index is 4.43. The molecule has 0 unspecified atom stereocenters. The van der Waals surface area contributed by atoms with Crippen molar-refractivity contribution in [1.82, 2.24) is 20.5 Å². The van der Waals surface area contributed by atoms with Gasteiger partial charge in [0.2, 0.25) is 0 Å². The zero-order valence-electron chi connectivity index (χ0n) is 9.83. The largest absolute Gasteiger partial charge is 0.314 e. The van der Waals surface area contributed by atoms with Gasteiger partial charge < -0.3 is 10.6 Å². The van der Waals surface area contributed by atoms with Gasteiger partial charge in [-0.15, -0.1) is 11.3 Å². The van der Waals surface area contributed by atoms with E-state index < -0.39 is 0 Å². The highest BCUT2D eigenvalue weighted by molar-refractivity contribution is 7.09. The standard InChI is InChI=1S/C11H20N4S/c1-10-9-16-11(14-10)8-13-4-7-15-5-2-12-3-6-15/h9,12-13H,2-8H2,1H3. The van der Waals surface area contributed by atoms with E-state index in [9.17, 15) is 0 Å². The first kappa shape index (κ1) is 12.0. The van der Waals surface area contributed by atoms with Crippen LogP contribution in [0.15, 0.2) is 5.38 Å². The third-order valence-corrected chi connectivity index (χ3v) is 3.72. The van der Waals surface area contributed by atoms with Crippen molar-refractivity contribution < 1.29 is 0 Å². The van der Waals surface area contributed by atoms with E-state index in [0.29, 0.717) is 0 Å². The molecule has 0 aromatic carbocycles. The second-order valence-corrected chi connectivity index (χ2v) is 5.09. The molecular formula is C11H20N4S. The van der Waals surface area contributed by atoms with Gasteiger partial charge in [0.25, 0.3) is 0 Å². The van der Waals surface area contributed by atoms with Gasteiger partial charge >= 0.3 is 0 Å². The molecule has 2 N–H and O–H groups in total. The fourth-order valence-electron chi connectivity index (χ4n) is 1.85. The van der Waals surface area contributed by atoms with E-state index in [4.69, 9.17) is 0 Å². The maximum Gasteiger partial charge on any atom is 0.107 e. The molecule has 0 amide bonds. The lowest BCUT2D eigenvalue weighted by molar-refractivity contribution is 0.241. The molecule has 5 heteroatoms. The number of hydrogen-bond acceptors (Lipinski definition) is 5. The summed E-state index contributed by atoms with van der Waals surface area (Å²) in [5, 5.41) is 10.1. The van der Waals surface area contributed by atoms with Crippen LogP contribution in [0.3, 0.4) is 0 Å². The van der Waals surface area contributed by atoms with Gasteiger partial charge in [0.1, 0.15) is 5.01 Å².